The third kappa shape index (κ3) is 7.90. The first-order valence-corrected chi connectivity index (χ1v) is 26.2. The Kier molecular flexibility index (Phi) is 11.5. The minimum atomic E-state index is -1.86. The summed E-state index contributed by atoms with van der Waals surface area (Å²) in [6.45, 7) is 6.43. The summed E-state index contributed by atoms with van der Waals surface area (Å²) in [6.07, 6.45) is 5.09. The molecule has 8 heteroatoms. The zero-order valence-corrected chi connectivity index (χ0v) is 37.0. The number of benzene rings is 5. The van der Waals surface area contributed by atoms with Crippen LogP contribution in [-0.4, -0.2) is 37.8 Å². The average Bonchev–Trinajstić information content (AvgIpc) is 3.76. The predicted molar refractivity (Wildman–Crippen MR) is 228 cm³/mol. The van der Waals surface area contributed by atoms with Crippen molar-refractivity contribution in [3.05, 3.63) is 157 Å². The Labute approximate surface area is 344 Å². The van der Waals surface area contributed by atoms with Crippen LogP contribution in [0.15, 0.2) is 138 Å². The summed E-state index contributed by atoms with van der Waals surface area (Å²) in [5, 5.41) is 1.83. The van der Waals surface area contributed by atoms with Crippen LogP contribution in [-0.2, 0) is 26.5 Å². The van der Waals surface area contributed by atoms with Crippen molar-refractivity contribution in [3.63, 3.8) is 0 Å². The topological polar surface area (TPSA) is 69.6 Å². The van der Waals surface area contributed by atoms with E-state index in [1.54, 1.807) is 4.40 Å². The van der Waals surface area contributed by atoms with E-state index in [1.807, 2.05) is 67.7 Å². The quantitative estimate of drug-likeness (QED) is 0.118. The number of pyridine rings is 1. The Morgan fingerprint density at radius 1 is 0.750 bits per heavy atom. The molecular weight excluding hydrogens is 927 g/mol. The number of nitrogens with zero attached hydrogens (tertiary/aromatic N) is 5. The summed E-state index contributed by atoms with van der Waals surface area (Å²) in [5.41, 5.74) is 10.9. The first-order chi connectivity index (χ1) is 26.7. The van der Waals surface area contributed by atoms with Crippen LogP contribution in [0.3, 0.4) is 0 Å². The van der Waals surface area contributed by atoms with Gasteiger partial charge in [0, 0.05) is 42.9 Å². The van der Waals surface area contributed by atoms with Crippen LogP contribution >= 0.6 is 0 Å². The van der Waals surface area contributed by atoms with Gasteiger partial charge in [-0.3, -0.25) is 4.98 Å². The molecular formula is C48H43GeIrN5O-2. The minimum absolute atomic E-state index is 0. The van der Waals surface area contributed by atoms with Gasteiger partial charge >= 0.3 is 126 Å². The first-order valence-electron chi connectivity index (χ1n) is 18.8. The molecule has 0 fully saturated rings. The fraction of sp³-hybridized carbons (Fsp3) is 0.167. The van der Waals surface area contributed by atoms with E-state index in [-0.39, 0.29) is 20.1 Å². The number of imidazole rings is 1. The van der Waals surface area contributed by atoms with Gasteiger partial charge in [0.05, 0.1) is 22.4 Å². The molecule has 4 aromatic heterocycles. The average molecular weight is 971 g/mol. The fourth-order valence-electron chi connectivity index (χ4n) is 7.23. The molecule has 5 aromatic carbocycles. The zero-order valence-electron chi connectivity index (χ0n) is 32.5. The van der Waals surface area contributed by atoms with E-state index in [9.17, 15) is 0 Å². The molecule has 0 N–H and O–H groups in total. The van der Waals surface area contributed by atoms with Crippen LogP contribution in [0.2, 0.25) is 17.3 Å². The van der Waals surface area contributed by atoms with Crippen LogP contribution in [0.4, 0.5) is 0 Å². The second-order valence-corrected chi connectivity index (χ2v) is 25.9. The number of hydrogen-bond acceptors (Lipinski definition) is 5. The normalized spacial score (nSPS) is 11.5. The van der Waals surface area contributed by atoms with E-state index in [4.69, 9.17) is 14.4 Å². The molecule has 4 heterocycles. The molecule has 0 aliphatic carbocycles. The van der Waals surface area contributed by atoms with Crippen molar-refractivity contribution in [1.29, 1.82) is 0 Å². The van der Waals surface area contributed by atoms with Gasteiger partial charge in [0.15, 0.2) is 0 Å². The standard InChI is InChI=1S/C30H19N4O.C18H24GeN.Ir/c1-19-31-18-24-22-13-9-14-23(28(22)35-30(24)32-19)29-33-25-15-6-8-17-27(25)34(29)26-16-7-5-12-21(26)20-10-3-2-4-11-20;1-14(2)11-16-12-18(15-9-7-6-8-10-15)20-13-17(16)19(3,4)5;/h2-13,15-18H,1H3;6-9,12-14H,11H2,1-5H3;/q2*-1;. The van der Waals surface area contributed by atoms with E-state index in [1.165, 1.54) is 5.56 Å². The molecule has 0 saturated heterocycles. The van der Waals surface area contributed by atoms with E-state index < -0.39 is 13.3 Å². The number of aromatic nitrogens is 5. The molecule has 0 amide bonds. The van der Waals surface area contributed by atoms with Gasteiger partial charge in [0.25, 0.3) is 0 Å². The van der Waals surface area contributed by atoms with Crippen molar-refractivity contribution >= 4 is 50.8 Å². The summed E-state index contributed by atoms with van der Waals surface area (Å²) in [4.78, 5) is 18.6. The summed E-state index contributed by atoms with van der Waals surface area (Å²) in [7, 11) is 0. The van der Waals surface area contributed by atoms with Crippen molar-refractivity contribution in [2.75, 3.05) is 0 Å². The van der Waals surface area contributed by atoms with E-state index in [2.05, 4.69) is 131 Å². The molecule has 0 aliphatic rings. The Morgan fingerprint density at radius 2 is 1.50 bits per heavy atom. The third-order valence-corrected chi connectivity index (χ3v) is 14.1. The predicted octanol–water partition coefficient (Wildman–Crippen LogP) is 11.4. The number of para-hydroxylation sites is 3. The maximum atomic E-state index is 6.28. The second kappa shape index (κ2) is 16.5. The van der Waals surface area contributed by atoms with Crippen LogP contribution in [0.1, 0.15) is 25.2 Å². The van der Waals surface area contributed by atoms with Gasteiger partial charge in [0.2, 0.25) is 5.71 Å². The molecule has 1 radical (unpaired) electrons. The Morgan fingerprint density at radius 3 is 2.27 bits per heavy atom. The molecule has 56 heavy (non-hydrogen) atoms. The number of furan rings is 1. The maximum Gasteiger partial charge on any atom is 0.219 e. The van der Waals surface area contributed by atoms with Gasteiger partial charge in [-0.05, 0) is 30.7 Å². The van der Waals surface area contributed by atoms with Crippen LogP contribution in [0.25, 0.3) is 72.6 Å². The van der Waals surface area contributed by atoms with Crippen molar-refractivity contribution in [2.45, 2.75) is 44.5 Å². The molecule has 0 atom stereocenters. The van der Waals surface area contributed by atoms with Crippen LogP contribution in [0, 0.1) is 25.0 Å². The van der Waals surface area contributed by atoms with Gasteiger partial charge in [-0.15, -0.1) is 18.2 Å². The SMILES string of the molecule is CC(C)Cc1cc(-c2[c-]cccc2)nc[c]1[Ge]([CH3])([CH3])[CH3].Cc1ncc2c(n1)oc1c(-c3nc4ccccc4n3-c3ccccc3-c3ccccc3)[c-]ccc12.[Ir]. The smallest absolute Gasteiger partial charge is 0.219 e. The summed E-state index contributed by atoms with van der Waals surface area (Å²) in [5.74, 6) is 9.43. The molecule has 9 aromatic rings. The second-order valence-electron chi connectivity index (χ2n) is 15.3. The molecule has 0 aliphatic heterocycles. The number of fused-ring (bicyclic) bond motifs is 4. The Hall–Kier alpha value is -5.21. The van der Waals surface area contributed by atoms with Gasteiger partial charge in [-0.25, -0.2) is 4.98 Å². The molecule has 6 nitrogen and oxygen atoms in total. The minimum Gasteiger partial charge on any atom is -0.486 e. The maximum absolute atomic E-state index is 6.28. The molecule has 281 valence electrons. The third-order valence-electron chi connectivity index (χ3n) is 9.74. The number of rotatable bonds is 7. The van der Waals surface area contributed by atoms with E-state index in [0.29, 0.717) is 23.0 Å². The van der Waals surface area contributed by atoms with Gasteiger partial charge in [-0.2, -0.15) is 4.98 Å². The summed E-state index contributed by atoms with van der Waals surface area (Å²) in [6, 6.07) is 48.0. The monoisotopic (exact) mass is 972 g/mol. The Balaban J connectivity index is 0.000000197. The van der Waals surface area contributed by atoms with Gasteiger partial charge in [0.1, 0.15) is 5.82 Å². The van der Waals surface area contributed by atoms with Gasteiger partial charge in [-0.1, -0.05) is 71.6 Å². The Bertz CT molecular complexity index is 2770. The zero-order chi connectivity index (χ0) is 38.1. The molecule has 9 rings (SSSR count). The van der Waals surface area contributed by atoms with Crippen molar-refractivity contribution < 1.29 is 24.5 Å². The fourth-order valence-corrected chi connectivity index (χ4v) is 10.6. The van der Waals surface area contributed by atoms with Crippen LogP contribution < -0.4 is 4.40 Å². The van der Waals surface area contributed by atoms with Crippen molar-refractivity contribution in [3.8, 4) is 39.5 Å². The molecule has 0 saturated carbocycles. The van der Waals surface area contributed by atoms with Crippen molar-refractivity contribution in [1.82, 2.24) is 24.5 Å². The van der Waals surface area contributed by atoms with Crippen LogP contribution in [0.5, 0.6) is 0 Å². The molecule has 0 unspecified atom stereocenters. The molecule has 0 spiro atoms. The van der Waals surface area contributed by atoms with E-state index in [0.717, 1.165) is 67.7 Å². The largest absolute Gasteiger partial charge is 0.486 e. The number of hydrogen-bond donors (Lipinski definition) is 0. The summed E-state index contributed by atoms with van der Waals surface area (Å²) < 4.78 is 10.0. The van der Waals surface area contributed by atoms with Gasteiger partial charge < -0.3 is 8.98 Å². The van der Waals surface area contributed by atoms with Crippen molar-refractivity contribution in [2.24, 2.45) is 5.92 Å². The van der Waals surface area contributed by atoms with E-state index >= 15 is 0 Å². The molecule has 0 bridgehead atoms. The summed E-state index contributed by atoms with van der Waals surface area (Å²) >= 11 is -1.86. The first kappa shape index (κ1) is 39.0. The number of aryl methyl sites for hydroxylation is 1.